The molecule has 0 radical (unpaired) electrons. The van der Waals surface area contributed by atoms with Crippen LogP contribution in [0.25, 0.3) is 0 Å². The molecule has 0 fully saturated rings. The Balaban J connectivity index is 1.90. The van der Waals surface area contributed by atoms with E-state index < -0.39 is 5.91 Å². The fourth-order valence-electron chi connectivity index (χ4n) is 1.75. The lowest BCUT2D eigenvalue weighted by Crippen LogP contribution is -2.24. The number of phenolic OH excluding ortho intramolecular Hbond substituents is 1. The van der Waals surface area contributed by atoms with E-state index in [0.29, 0.717) is 20.8 Å². The molecule has 1 amide bonds. The SMILES string of the molecule is Cc1cc(OCC(=O)N/N=C/c2cc(Br)cc(Cl)c2O)ccc1Cl. The molecule has 0 atom stereocenters. The Hall–Kier alpha value is -1.76. The number of benzene rings is 2. The number of hydrogen-bond acceptors (Lipinski definition) is 4. The molecule has 0 bridgehead atoms. The molecule has 24 heavy (non-hydrogen) atoms. The summed E-state index contributed by atoms with van der Waals surface area (Å²) in [6, 6.07) is 8.27. The number of phenols is 1. The highest BCUT2D eigenvalue weighted by atomic mass is 79.9. The van der Waals surface area contributed by atoms with Crippen molar-refractivity contribution in [3.8, 4) is 11.5 Å². The van der Waals surface area contributed by atoms with Crippen molar-refractivity contribution in [1.29, 1.82) is 0 Å². The average Bonchev–Trinajstić information content (AvgIpc) is 2.53. The molecule has 2 N–H and O–H groups in total. The van der Waals surface area contributed by atoms with Gasteiger partial charge in [0.2, 0.25) is 0 Å². The van der Waals surface area contributed by atoms with E-state index in [-0.39, 0.29) is 17.4 Å². The van der Waals surface area contributed by atoms with E-state index in [9.17, 15) is 9.90 Å². The first-order valence-corrected chi connectivity index (χ1v) is 8.30. The predicted octanol–water partition coefficient (Wildman–Crippen LogP) is 4.30. The zero-order chi connectivity index (χ0) is 17.7. The average molecular weight is 432 g/mol. The maximum Gasteiger partial charge on any atom is 0.277 e. The van der Waals surface area contributed by atoms with Gasteiger partial charge in [0.1, 0.15) is 11.5 Å². The van der Waals surface area contributed by atoms with Gasteiger partial charge in [0, 0.05) is 15.1 Å². The first-order chi connectivity index (χ1) is 11.4. The number of rotatable bonds is 5. The summed E-state index contributed by atoms with van der Waals surface area (Å²) in [4.78, 5) is 11.7. The van der Waals surface area contributed by atoms with Crippen molar-refractivity contribution in [1.82, 2.24) is 5.43 Å². The molecule has 0 saturated carbocycles. The van der Waals surface area contributed by atoms with E-state index in [0.717, 1.165) is 5.56 Å². The van der Waals surface area contributed by atoms with Gasteiger partial charge in [-0.3, -0.25) is 4.79 Å². The smallest absolute Gasteiger partial charge is 0.277 e. The predicted molar refractivity (Wildman–Crippen MR) is 98.2 cm³/mol. The highest BCUT2D eigenvalue weighted by Gasteiger charge is 2.06. The van der Waals surface area contributed by atoms with Crippen LogP contribution in [0.4, 0.5) is 0 Å². The third-order valence-corrected chi connectivity index (χ3v) is 4.12. The van der Waals surface area contributed by atoms with Crippen molar-refractivity contribution < 1.29 is 14.6 Å². The van der Waals surface area contributed by atoms with Crippen LogP contribution in [-0.2, 0) is 4.79 Å². The Bertz CT molecular complexity index is 797. The number of nitrogens with zero attached hydrogens (tertiary/aromatic N) is 1. The second-order valence-corrected chi connectivity index (χ2v) is 6.55. The van der Waals surface area contributed by atoms with Crippen molar-refractivity contribution in [2.24, 2.45) is 5.10 Å². The second-order valence-electron chi connectivity index (χ2n) is 4.82. The van der Waals surface area contributed by atoms with Crippen LogP contribution in [0.15, 0.2) is 39.9 Å². The van der Waals surface area contributed by atoms with E-state index in [2.05, 4.69) is 26.5 Å². The van der Waals surface area contributed by atoms with Gasteiger partial charge in [0.05, 0.1) is 11.2 Å². The Morgan fingerprint density at radius 2 is 2.08 bits per heavy atom. The van der Waals surface area contributed by atoms with Crippen molar-refractivity contribution in [2.75, 3.05) is 6.61 Å². The summed E-state index contributed by atoms with van der Waals surface area (Å²) in [6.07, 6.45) is 1.29. The fourth-order valence-corrected chi connectivity index (χ4v) is 2.70. The summed E-state index contributed by atoms with van der Waals surface area (Å²) in [5.74, 6) is -0.0300. The van der Waals surface area contributed by atoms with Gasteiger partial charge < -0.3 is 9.84 Å². The normalized spacial score (nSPS) is 10.8. The number of hydrogen-bond donors (Lipinski definition) is 2. The molecule has 0 aliphatic carbocycles. The van der Waals surface area contributed by atoms with E-state index in [1.807, 2.05) is 6.92 Å². The second kappa shape index (κ2) is 8.37. The number of aryl methyl sites for hydroxylation is 1. The Morgan fingerprint density at radius 1 is 1.33 bits per heavy atom. The molecular weight excluding hydrogens is 419 g/mol. The van der Waals surface area contributed by atoms with Crippen molar-refractivity contribution in [3.05, 3.63) is 56.0 Å². The summed E-state index contributed by atoms with van der Waals surface area (Å²) in [5.41, 5.74) is 3.52. The Kier molecular flexibility index (Phi) is 6.48. The van der Waals surface area contributed by atoms with Gasteiger partial charge in [-0.15, -0.1) is 0 Å². The zero-order valence-corrected chi connectivity index (χ0v) is 15.6. The van der Waals surface area contributed by atoms with Gasteiger partial charge >= 0.3 is 0 Å². The maximum absolute atomic E-state index is 11.7. The van der Waals surface area contributed by atoms with Crippen LogP contribution in [0.1, 0.15) is 11.1 Å². The summed E-state index contributed by atoms with van der Waals surface area (Å²) in [6.45, 7) is 1.64. The molecule has 0 spiro atoms. The molecule has 0 unspecified atom stereocenters. The number of hydrazone groups is 1. The Labute approximate surface area is 157 Å². The van der Waals surface area contributed by atoms with Gasteiger partial charge in [-0.25, -0.2) is 5.43 Å². The lowest BCUT2D eigenvalue weighted by Gasteiger charge is -2.07. The number of ether oxygens (including phenoxy) is 1. The minimum atomic E-state index is -0.445. The highest BCUT2D eigenvalue weighted by molar-refractivity contribution is 9.10. The number of carbonyl (C=O) groups is 1. The molecule has 126 valence electrons. The number of halogens is 3. The van der Waals surface area contributed by atoms with Gasteiger partial charge in [0.25, 0.3) is 5.91 Å². The molecule has 2 rings (SSSR count). The first-order valence-electron chi connectivity index (χ1n) is 6.75. The number of nitrogens with one attached hydrogen (secondary N) is 1. The molecule has 5 nitrogen and oxygen atoms in total. The quantitative estimate of drug-likeness (QED) is 0.547. The molecule has 2 aromatic carbocycles. The number of amides is 1. The van der Waals surface area contributed by atoms with Crippen LogP contribution in [0.2, 0.25) is 10.0 Å². The molecule has 0 heterocycles. The van der Waals surface area contributed by atoms with Crippen LogP contribution in [0.5, 0.6) is 11.5 Å². The Morgan fingerprint density at radius 3 is 2.79 bits per heavy atom. The summed E-state index contributed by atoms with van der Waals surface area (Å²) < 4.78 is 6.03. The van der Waals surface area contributed by atoms with E-state index in [4.69, 9.17) is 27.9 Å². The third kappa shape index (κ3) is 5.12. The standard InChI is InChI=1S/C16H13BrCl2N2O3/c1-9-4-12(2-3-13(9)18)24-8-15(22)21-20-7-10-5-11(17)6-14(19)16(10)23/h2-7,23H,8H2,1H3,(H,21,22)/b20-7+. The van der Waals surface area contributed by atoms with Gasteiger partial charge in [-0.1, -0.05) is 39.1 Å². The summed E-state index contributed by atoms with van der Waals surface area (Å²) >= 11 is 15.0. The first kappa shape index (κ1) is 18.6. The van der Waals surface area contributed by atoms with Crippen LogP contribution in [0.3, 0.4) is 0 Å². The van der Waals surface area contributed by atoms with Crippen LogP contribution in [0, 0.1) is 6.92 Å². The molecule has 0 aliphatic rings. The topological polar surface area (TPSA) is 70.9 Å². The molecule has 8 heteroatoms. The summed E-state index contributed by atoms with van der Waals surface area (Å²) in [7, 11) is 0. The van der Waals surface area contributed by atoms with E-state index >= 15 is 0 Å². The maximum atomic E-state index is 11.7. The minimum Gasteiger partial charge on any atom is -0.506 e. The van der Waals surface area contributed by atoms with Crippen LogP contribution < -0.4 is 10.2 Å². The van der Waals surface area contributed by atoms with Gasteiger partial charge in [-0.2, -0.15) is 5.10 Å². The van der Waals surface area contributed by atoms with Gasteiger partial charge in [0.15, 0.2) is 6.61 Å². The molecular formula is C16H13BrCl2N2O3. The number of aromatic hydroxyl groups is 1. The molecule has 0 aromatic heterocycles. The van der Waals surface area contributed by atoms with E-state index in [1.54, 1.807) is 30.3 Å². The third-order valence-electron chi connectivity index (χ3n) is 2.95. The van der Waals surface area contributed by atoms with Crippen molar-refractivity contribution >= 4 is 51.3 Å². The van der Waals surface area contributed by atoms with Gasteiger partial charge in [-0.05, 0) is 42.8 Å². The van der Waals surface area contributed by atoms with E-state index in [1.165, 1.54) is 6.21 Å². The molecule has 0 saturated heterocycles. The fraction of sp³-hybridized carbons (Fsp3) is 0.125. The lowest BCUT2D eigenvalue weighted by molar-refractivity contribution is -0.123. The molecule has 0 aliphatic heterocycles. The van der Waals surface area contributed by atoms with Crippen molar-refractivity contribution in [2.45, 2.75) is 6.92 Å². The summed E-state index contributed by atoms with van der Waals surface area (Å²) in [5, 5.41) is 14.4. The highest BCUT2D eigenvalue weighted by Crippen LogP contribution is 2.30. The van der Waals surface area contributed by atoms with Crippen LogP contribution >= 0.6 is 39.1 Å². The lowest BCUT2D eigenvalue weighted by atomic mass is 10.2. The molecule has 2 aromatic rings. The van der Waals surface area contributed by atoms with Crippen LogP contribution in [-0.4, -0.2) is 23.8 Å². The zero-order valence-electron chi connectivity index (χ0n) is 12.5. The number of carbonyl (C=O) groups excluding carboxylic acids is 1. The minimum absolute atomic E-state index is 0.120. The largest absolute Gasteiger partial charge is 0.506 e. The van der Waals surface area contributed by atoms with Crippen molar-refractivity contribution in [3.63, 3.8) is 0 Å². The monoisotopic (exact) mass is 430 g/mol.